The van der Waals surface area contributed by atoms with Crippen molar-refractivity contribution in [3.8, 4) is 0 Å². The van der Waals surface area contributed by atoms with Crippen molar-refractivity contribution in [1.29, 1.82) is 0 Å². The van der Waals surface area contributed by atoms with Gasteiger partial charge in [-0.05, 0) is 31.2 Å². The van der Waals surface area contributed by atoms with Crippen LogP contribution < -0.4 is 10.0 Å². The van der Waals surface area contributed by atoms with Gasteiger partial charge in [-0.15, -0.1) is 11.3 Å². The van der Waals surface area contributed by atoms with E-state index in [9.17, 15) is 8.42 Å². The molecule has 6 nitrogen and oxygen atoms in total. The predicted molar refractivity (Wildman–Crippen MR) is 81.5 cm³/mol. The Labute approximate surface area is 128 Å². The zero-order valence-corrected chi connectivity index (χ0v) is 13.3. The fourth-order valence-corrected chi connectivity index (χ4v) is 4.69. The van der Waals surface area contributed by atoms with Crippen LogP contribution in [0.3, 0.4) is 0 Å². The molecule has 1 saturated carbocycles. The summed E-state index contributed by atoms with van der Waals surface area (Å²) in [4.78, 5) is 8.21. The lowest BCUT2D eigenvalue weighted by Crippen LogP contribution is -2.28. The number of rotatable bonds is 7. The molecule has 0 aliphatic heterocycles. The van der Waals surface area contributed by atoms with Crippen LogP contribution in [0.1, 0.15) is 36.5 Å². The Morgan fingerprint density at radius 1 is 1.52 bits per heavy atom. The molecule has 1 atom stereocenters. The van der Waals surface area contributed by atoms with Gasteiger partial charge in [-0.3, -0.25) is 0 Å². The standard InChI is InChI=1S/C13H18N4O2S2/c1-9(13-14-5-6-15-13)17-21(18,19)12-4-7-20-11(12)8-16-10-2-3-10/h4-7,9-10,16-17H,2-3,8H2,1H3,(H,14,15). The van der Waals surface area contributed by atoms with E-state index in [1.54, 1.807) is 25.4 Å². The normalized spacial score (nSPS) is 17.0. The predicted octanol–water partition coefficient (Wildman–Crippen LogP) is 1.76. The second-order valence-corrected chi connectivity index (χ2v) is 7.86. The van der Waals surface area contributed by atoms with Crippen LogP contribution in [0.5, 0.6) is 0 Å². The van der Waals surface area contributed by atoms with Gasteiger partial charge in [0.05, 0.1) is 10.9 Å². The van der Waals surface area contributed by atoms with E-state index in [0.29, 0.717) is 23.3 Å². The summed E-state index contributed by atoms with van der Waals surface area (Å²) in [5.41, 5.74) is 0. The van der Waals surface area contributed by atoms with Gasteiger partial charge in [-0.1, -0.05) is 0 Å². The fraction of sp³-hybridized carbons (Fsp3) is 0.462. The Kier molecular flexibility index (Phi) is 4.12. The first kappa shape index (κ1) is 14.7. The zero-order chi connectivity index (χ0) is 14.9. The first-order valence-corrected chi connectivity index (χ1v) is 9.24. The van der Waals surface area contributed by atoms with Crippen LogP contribution in [-0.2, 0) is 16.6 Å². The largest absolute Gasteiger partial charge is 0.347 e. The van der Waals surface area contributed by atoms with Crippen LogP contribution in [0.2, 0.25) is 0 Å². The second kappa shape index (κ2) is 5.88. The summed E-state index contributed by atoms with van der Waals surface area (Å²) in [7, 11) is -3.54. The zero-order valence-electron chi connectivity index (χ0n) is 11.7. The fourth-order valence-electron chi connectivity index (χ4n) is 2.09. The van der Waals surface area contributed by atoms with Gasteiger partial charge in [0.15, 0.2) is 0 Å². The lowest BCUT2D eigenvalue weighted by Gasteiger charge is -2.12. The van der Waals surface area contributed by atoms with Crippen molar-refractivity contribution >= 4 is 21.4 Å². The van der Waals surface area contributed by atoms with Crippen molar-refractivity contribution in [1.82, 2.24) is 20.0 Å². The van der Waals surface area contributed by atoms with Crippen LogP contribution in [0.4, 0.5) is 0 Å². The summed E-state index contributed by atoms with van der Waals surface area (Å²) < 4.78 is 27.7. The van der Waals surface area contributed by atoms with Crippen molar-refractivity contribution < 1.29 is 8.42 Å². The number of nitrogens with zero attached hydrogens (tertiary/aromatic N) is 1. The van der Waals surface area contributed by atoms with Gasteiger partial charge >= 0.3 is 0 Å². The van der Waals surface area contributed by atoms with Gasteiger partial charge in [-0.25, -0.2) is 18.1 Å². The summed E-state index contributed by atoms with van der Waals surface area (Å²) in [6.45, 7) is 2.37. The van der Waals surface area contributed by atoms with Gasteiger partial charge in [0.25, 0.3) is 0 Å². The summed E-state index contributed by atoms with van der Waals surface area (Å²) in [6, 6.07) is 1.82. The van der Waals surface area contributed by atoms with Crippen LogP contribution in [0.15, 0.2) is 28.7 Å². The highest BCUT2D eigenvalue weighted by atomic mass is 32.2. The Morgan fingerprint density at radius 3 is 3.00 bits per heavy atom. The monoisotopic (exact) mass is 326 g/mol. The third kappa shape index (κ3) is 3.52. The molecule has 0 aromatic carbocycles. The molecule has 2 aromatic rings. The number of H-pyrrole nitrogens is 1. The Hall–Kier alpha value is -1.22. The highest BCUT2D eigenvalue weighted by Gasteiger charge is 2.25. The second-order valence-electron chi connectivity index (χ2n) is 5.18. The molecule has 8 heteroatoms. The molecule has 3 rings (SSSR count). The van der Waals surface area contributed by atoms with E-state index >= 15 is 0 Å². The van der Waals surface area contributed by atoms with Crippen molar-refractivity contribution in [2.45, 2.75) is 43.3 Å². The number of thiophene rings is 1. The first-order chi connectivity index (χ1) is 10.1. The lowest BCUT2D eigenvalue weighted by molar-refractivity contribution is 0.559. The summed E-state index contributed by atoms with van der Waals surface area (Å²) in [5, 5.41) is 5.17. The van der Waals surface area contributed by atoms with Crippen LogP contribution in [-0.4, -0.2) is 24.4 Å². The van der Waals surface area contributed by atoms with Crippen molar-refractivity contribution in [3.63, 3.8) is 0 Å². The molecule has 0 radical (unpaired) electrons. The SMILES string of the molecule is CC(NS(=O)(=O)c1ccsc1CNC1CC1)c1ncc[nH]1. The average molecular weight is 326 g/mol. The minimum atomic E-state index is -3.54. The van der Waals surface area contributed by atoms with Crippen LogP contribution in [0, 0.1) is 0 Å². The Bertz CT molecular complexity index is 690. The smallest absolute Gasteiger partial charge is 0.242 e. The summed E-state index contributed by atoms with van der Waals surface area (Å²) in [6.07, 6.45) is 5.65. The summed E-state index contributed by atoms with van der Waals surface area (Å²) >= 11 is 1.47. The van der Waals surface area contributed by atoms with Gasteiger partial charge in [0.1, 0.15) is 5.82 Å². The van der Waals surface area contributed by atoms with Gasteiger partial charge in [-0.2, -0.15) is 0 Å². The van der Waals surface area contributed by atoms with Gasteiger partial charge in [0, 0.05) is 29.9 Å². The maximum absolute atomic E-state index is 12.5. The molecular weight excluding hydrogens is 308 g/mol. The molecule has 3 N–H and O–H groups in total. The molecule has 0 spiro atoms. The molecule has 2 heterocycles. The first-order valence-electron chi connectivity index (χ1n) is 6.87. The van der Waals surface area contributed by atoms with E-state index in [1.807, 2.05) is 5.38 Å². The van der Waals surface area contributed by atoms with E-state index in [0.717, 1.165) is 4.88 Å². The maximum atomic E-state index is 12.5. The Morgan fingerprint density at radius 2 is 2.33 bits per heavy atom. The molecule has 1 aliphatic carbocycles. The number of hydrogen-bond donors (Lipinski definition) is 3. The molecule has 1 aliphatic rings. The topological polar surface area (TPSA) is 86.9 Å². The van der Waals surface area contributed by atoms with Gasteiger partial charge in [0.2, 0.25) is 10.0 Å². The van der Waals surface area contributed by atoms with Crippen LogP contribution >= 0.6 is 11.3 Å². The molecule has 0 bridgehead atoms. The molecule has 2 aromatic heterocycles. The quantitative estimate of drug-likeness (QED) is 0.723. The Balaban J connectivity index is 1.73. The summed E-state index contributed by atoms with van der Waals surface area (Å²) in [5.74, 6) is 0.603. The van der Waals surface area contributed by atoms with Crippen LogP contribution in [0.25, 0.3) is 0 Å². The van der Waals surface area contributed by atoms with Gasteiger partial charge < -0.3 is 10.3 Å². The average Bonchev–Trinajstić information content (AvgIpc) is 2.95. The number of aromatic amines is 1. The van der Waals surface area contributed by atoms with Crippen molar-refractivity contribution in [2.75, 3.05) is 0 Å². The number of sulfonamides is 1. The van der Waals surface area contributed by atoms with E-state index in [2.05, 4.69) is 20.0 Å². The van der Waals surface area contributed by atoms with E-state index in [1.165, 1.54) is 24.2 Å². The molecule has 1 unspecified atom stereocenters. The number of nitrogens with one attached hydrogen (secondary N) is 3. The molecule has 0 saturated heterocycles. The molecule has 114 valence electrons. The van der Waals surface area contributed by atoms with E-state index in [-0.39, 0.29) is 0 Å². The third-order valence-electron chi connectivity index (χ3n) is 3.38. The molecule has 21 heavy (non-hydrogen) atoms. The molecular formula is C13H18N4O2S2. The van der Waals surface area contributed by atoms with Crippen molar-refractivity contribution in [2.24, 2.45) is 0 Å². The maximum Gasteiger partial charge on any atom is 0.242 e. The lowest BCUT2D eigenvalue weighted by atomic mass is 10.3. The van der Waals surface area contributed by atoms with Crippen molar-refractivity contribution in [3.05, 3.63) is 34.5 Å². The highest BCUT2D eigenvalue weighted by Crippen LogP contribution is 2.25. The highest BCUT2D eigenvalue weighted by molar-refractivity contribution is 7.89. The number of aromatic nitrogens is 2. The minimum absolute atomic E-state index is 0.360. The molecule has 0 amide bonds. The number of hydrogen-bond acceptors (Lipinski definition) is 5. The minimum Gasteiger partial charge on any atom is -0.347 e. The van der Waals surface area contributed by atoms with E-state index in [4.69, 9.17) is 0 Å². The number of imidazole rings is 1. The molecule has 1 fully saturated rings. The van der Waals surface area contributed by atoms with E-state index < -0.39 is 16.1 Å². The third-order valence-corrected chi connectivity index (χ3v) is 6.06.